The minimum atomic E-state index is -0.193. The molecule has 0 aliphatic carbocycles. The molecule has 0 spiro atoms. The summed E-state index contributed by atoms with van der Waals surface area (Å²) in [6, 6.07) is 5.57. The summed E-state index contributed by atoms with van der Waals surface area (Å²) in [7, 11) is 0. The summed E-state index contributed by atoms with van der Waals surface area (Å²) in [5.74, 6) is 1.05. The Hall–Kier alpha value is -2.41. The minimum absolute atomic E-state index is 0.114. The van der Waals surface area contributed by atoms with E-state index in [9.17, 15) is 4.79 Å². The van der Waals surface area contributed by atoms with Crippen LogP contribution in [0.1, 0.15) is 16.2 Å². The molecule has 2 aromatic rings. The van der Waals surface area contributed by atoms with Crippen molar-refractivity contribution in [1.82, 2.24) is 14.9 Å². The molecule has 4 heterocycles. The molecule has 1 amide bonds. The first kappa shape index (κ1) is 15.1. The van der Waals surface area contributed by atoms with Gasteiger partial charge in [0.2, 0.25) is 11.6 Å². The topological polar surface area (TPSA) is 77.7 Å². The van der Waals surface area contributed by atoms with Crippen molar-refractivity contribution < 1.29 is 18.7 Å². The molecule has 2 atom stereocenters. The van der Waals surface area contributed by atoms with Gasteiger partial charge in [-0.1, -0.05) is 6.07 Å². The second-order valence-corrected chi connectivity index (χ2v) is 6.48. The summed E-state index contributed by atoms with van der Waals surface area (Å²) < 4.78 is 16.8. The number of oxazole rings is 1. The monoisotopic (exact) mass is 329 g/mol. The van der Waals surface area contributed by atoms with E-state index in [0.29, 0.717) is 50.2 Å². The van der Waals surface area contributed by atoms with Gasteiger partial charge in [-0.25, -0.2) is 9.97 Å². The van der Waals surface area contributed by atoms with Crippen molar-refractivity contribution in [2.24, 2.45) is 11.3 Å². The number of fused-ring (bicyclic) bond motifs is 1. The maximum Gasteiger partial charge on any atom is 0.291 e. The van der Waals surface area contributed by atoms with Crippen molar-refractivity contribution in [3.05, 3.63) is 42.2 Å². The largest absolute Gasteiger partial charge is 0.477 e. The third kappa shape index (κ3) is 2.54. The second kappa shape index (κ2) is 5.90. The lowest BCUT2D eigenvalue weighted by Crippen LogP contribution is -2.38. The number of nitrogens with zero attached hydrogens (tertiary/aromatic N) is 3. The van der Waals surface area contributed by atoms with Crippen LogP contribution in [0.25, 0.3) is 0 Å². The van der Waals surface area contributed by atoms with Crippen molar-refractivity contribution in [2.75, 3.05) is 32.9 Å². The number of hydrogen-bond acceptors (Lipinski definition) is 6. The summed E-state index contributed by atoms with van der Waals surface area (Å²) in [6.07, 6.45) is 3.01. The number of aryl methyl sites for hydroxylation is 1. The zero-order valence-electron chi connectivity index (χ0n) is 13.5. The van der Waals surface area contributed by atoms with Crippen LogP contribution < -0.4 is 4.74 Å². The number of aromatic nitrogens is 2. The van der Waals surface area contributed by atoms with Gasteiger partial charge in [0.1, 0.15) is 0 Å². The van der Waals surface area contributed by atoms with Crippen molar-refractivity contribution in [3.8, 4) is 5.88 Å². The van der Waals surface area contributed by atoms with Gasteiger partial charge in [0, 0.05) is 31.3 Å². The standard InChI is InChI=1S/C17H19N3O4/c1-12-15(24-11-19-12)16(21)20-6-13-7-22-9-17(13,8-20)10-23-14-4-2-3-5-18-14/h2-5,11,13H,6-10H2,1H3/t13-,17+/m1/s1. The zero-order chi connectivity index (χ0) is 16.6. The highest BCUT2D eigenvalue weighted by atomic mass is 16.5. The lowest BCUT2D eigenvalue weighted by Gasteiger charge is -2.26. The third-order valence-electron chi connectivity index (χ3n) is 4.89. The lowest BCUT2D eigenvalue weighted by atomic mass is 9.82. The van der Waals surface area contributed by atoms with Gasteiger partial charge in [-0.15, -0.1) is 0 Å². The molecule has 2 fully saturated rings. The summed E-state index contributed by atoms with van der Waals surface area (Å²) in [4.78, 5) is 22.7. The van der Waals surface area contributed by atoms with Crippen molar-refractivity contribution in [2.45, 2.75) is 6.92 Å². The van der Waals surface area contributed by atoms with Gasteiger partial charge in [-0.2, -0.15) is 0 Å². The molecule has 0 bridgehead atoms. The predicted molar refractivity (Wildman–Crippen MR) is 83.6 cm³/mol. The van der Waals surface area contributed by atoms with Crippen LogP contribution >= 0.6 is 0 Å². The van der Waals surface area contributed by atoms with E-state index in [1.807, 2.05) is 23.1 Å². The van der Waals surface area contributed by atoms with Gasteiger partial charge in [-0.3, -0.25) is 4.79 Å². The van der Waals surface area contributed by atoms with E-state index in [1.54, 1.807) is 13.1 Å². The normalized spacial score (nSPS) is 25.7. The number of rotatable bonds is 4. The highest BCUT2D eigenvalue weighted by Gasteiger charge is 2.53. The van der Waals surface area contributed by atoms with Crippen LogP contribution in [-0.2, 0) is 4.74 Å². The Morgan fingerprint density at radius 1 is 1.46 bits per heavy atom. The number of amides is 1. The van der Waals surface area contributed by atoms with E-state index in [2.05, 4.69) is 9.97 Å². The molecule has 2 aromatic heterocycles. The smallest absolute Gasteiger partial charge is 0.291 e. The number of carbonyl (C=O) groups excluding carboxylic acids is 1. The Morgan fingerprint density at radius 2 is 2.38 bits per heavy atom. The first-order chi connectivity index (χ1) is 11.7. The number of carbonyl (C=O) groups is 1. The molecule has 126 valence electrons. The SMILES string of the molecule is Cc1ncoc1C(=O)N1C[C@@H]2COC[C@]2(COc2ccccn2)C1. The number of pyridine rings is 1. The Balaban J connectivity index is 1.49. The van der Waals surface area contributed by atoms with E-state index in [0.717, 1.165) is 0 Å². The molecule has 2 aliphatic heterocycles. The lowest BCUT2D eigenvalue weighted by molar-refractivity contribution is 0.0629. The number of hydrogen-bond donors (Lipinski definition) is 0. The van der Waals surface area contributed by atoms with Crippen LogP contribution in [0.2, 0.25) is 0 Å². The highest BCUT2D eigenvalue weighted by Crippen LogP contribution is 2.42. The van der Waals surface area contributed by atoms with E-state index in [4.69, 9.17) is 13.9 Å². The Morgan fingerprint density at radius 3 is 3.12 bits per heavy atom. The summed E-state index contributed by atoms with van der Waals surface area (Å²) in [5, 5.41) is 0. The predicted octanol–water partition coefficient (Wildman–Crippen LogP) is 1.55. The van der Waals surface area contributed by atoms with Gasteiger partial charge in [0.05, 0.1) is 30.9 Å². The molecule has 7 nitrogen and oxygen atoms in total. The fraction of sp³-hybridized carbons (Fsp3) is 0.471. The number of ether oxygens (including phenoxy) is 2. The average molecular weight is 329 g/mol. The van der Waals surface area contributed by atoms with Crippen LogP contribution in [0.5, 0.6) is 5.88 Å². The van der Waals surface area contributed by atoms with Gasteiger partial charge < -0.3 is 18.8 Å². The van der Waals surface area contributed by atoms with E-state index >= 15 is 0 Å². The van der Waals surface area contributed by atoms with Crippen LogP contribution in [0.15, 0.2) is 35.2 Å². The second-order valence-electron chi connectivity index (χ2n) is 6.48. The highest BCUT2D eigenvalue weighted by molar-refractivity contribution is 5.92. The molecule has 0 N–H and O–H groups in total. The molecule has 0 radical (unpaired) electrons. The van der Waals surface area contributed by atoms with Crippen molar-refractivity contribution in [1.29, 1.82) is 0 Å². The number of likely N-dealkylation sites (tertiary alicyclic amines) is 1. The minimum Gasteiger partial charge on any atom is -0.477 e. The van der Waals surface area contributed by atoms with Gasteiger partial charge >= 0.3 is 0 Å². The summed E-state index contributed by atoms with van der Waals surface area (Å²) >= 11 is 0. The van der Waals surface area contributed by atoms with Crippen LogP contribution in [0.4, 0.5) is 0 Å². The summed E-state index contributed by atoms with van der Waals surface area (Å²) in [5.41, 5.74) is 0.424. The van der Waals surface area contributed by atoms with Gasteiger partial charge in [-0.05, 0) is 13.0 Å². The van der Waals surface area contributed by atoms with E-state index < -0.39 is 0 Å². The molecule has 0 unspecified atom stereocenters. The third-order valence-corrected chi connectivity index (χ3v) is 4.89. The Bertz CT molecular complexity index is 732. The van der Waals surface area contributed by atoms with E-state index in [1.165, 1.54) is 6.39 Å². The van der Waals surface area contributed by atoms with Crippen molar-refractivity contribution in [3.63, 3.8) is 0 Å². The zero-order valence-corrected chi connectivity index (χ0v) is 13.5. The molecule has 0 saturated carbocycles. The molecule has 7 heteroatoms. The fourth-order valence-corrected chi connectivity index (χ4v) is 3.49. The Labute approximate surface area is 139 Å². The fourth-order valence-electron chi connectivity index (χ4n) is 3.49. The van der Waals surface area contributed by atoms with E-state index in [-0.39, 0.29) is 17.2 Å². The molecule has 0 aromatic carbocycles. The molecule has 2 aliphatic rings. The average Bonchev–Trinajstić information content (AvgIpc) is 3.27. The molecular weight excluding hydrogens is 310 g/mol. The van der Waals surface area contributed by atoms with Crippen LogP contribution in [0, 0.1) is 18.3 Å². The van der Waals surface area contributed by atoms with Crippen LogP contribution in [0.3, 0.4) is 0 Å². The first-order valence-electron chi connectivity index (χ1n) is 7.99. The molecule has 4 rings (SSSR count). The van der Waals surface area contributed by atoms with Gasteiger partial charge in [0.25, 0.3) is 5.91 Å². The first-order valence-corrected chi connectivity index (χ1v) is 7.99. The van der Waals surface area contributed by atoms with Crippen LogP contribution in [-0.4, -0.2) is 53.7 Å². The Kier molecular flexibility index (Phi) is 3.72. The van der Waals surface area contributed by atoms with Gasteiger partial charge in [0.15, 0.2) is 6.39 Å². The molecule has 2 saturated heterocycles. The summed E-state index contributed by atoms with van der Waals surface area (Å²) in [6.45, 7) is 4.72. The molecule has 24 heavy (non-hydrogen) atoms. The quantitative estimate of drug-likeness (QED) is 0.847. The molecular formula is C17H19N3O4. The maximum absolute atomic E-state index is 12.7. The van der Waals surface area contributed by atoms with Crippen molar-refractivity contribution >= 4 is 5.91 Å². The maximum atomic E-state index is 12.7.